The van der Waals surface area contributed by atoms with E-state index in [2.05, 4.69) is 66.0 Å². The molecule has 1 unspecified atom stereocenters. The van der Waals surface area contributed by atoms with E-state index in [1.165, 1.54) is 11.3 Å². The maximum absolute atomic E-state index is 6.23. The van der Waals surface area contributed by atoms with Gasteiger partial charge in [0.1, 0.15) is 18.7 Å². The second-order valence-corrected chi connectivity index (χ2v) is 11.0. The molecular formula is C30H40N7O2. The van der Waals surface area contributed by atoms with Gasteiger partial charge in [-0.05, 0) is 75.7 Å². The highest BCUT2D eigenvalue weighted by Crippen LogP contribution is 2.37. The van der Waals surface area contributed by atoms with Gasteiger partial charge in [-0.3, -0.25) is 0 Å². The quantitative estimate of drug-likeness (QED) is 0.600. The maximum Gasteiger partial charge on any atom is 0.224 e. The standard InChI is InChI=1S/C30H40N7O2/c1-21-15-23(9-10-26(21)36-11-13-38-14-12-36)35-29-32-17-22(2)25-19-39-30(3,4)16-27(25)37(20-33-29)28-8-6-7-24(34-28)18-31-5/h6-10,15,17,20,25,27,31H,2,11-14,16,18-19H2,1,3-5H3,(H,32,35)/b33-20+/t25?,27-/m1/s1. The fourth-order valence-corrected chi connectivity index (χ4v) is 5.46. The molecule has 0 amide bonds. The van der Waals surface area contributed by atoms with Gasteiger partial charge in [-0.15, -0.1) is 0 Å². The molecule has 1 radical (unpaired) electrons. The van der Waals surface area contributed by atoms with Crippen molar-refractivity contribution >= 4 is 29.5 Å². The SMILES string of the molecule is C=C1[CH]N=C(Nc2ccc(N3CCOCC3)c(C)c2)/N=C/N(c2cccc(CNC)n2)[C@@H]2CC(C)(C)OCC12. The molecule has 9 heteroatoms. The molecule has 0 aliphatic carbocycles. The number of aliphatic imine (C=N–C) groups is 2. The Bertz CT molecular complexity index is 1240. The molecule has 4 heterocycles. The number of nitrogens with one attached hydrogen (secondary N) is 2. The molecule has 2 N–H and O–H groups in total. The van der Waals surface area contributed by atoms with Crippen LogP contribution in [0.5, 0.6) is 0 Å². The first-order chi connectivity index (χ1) is 18.8. The Morgan fingerprint density at radius 3 is 2.74 bits per heavy atom. The Labute approximate surface area is 232 Å². The lowest BCUT2D eigenvalue weighted by Gasteiger charge is -2.45. The van der Waals surface area contributed by atoms with Crippen molar-refractivity contribution in [2.24, 2.45) is 15.9 Å². The number of guanidine groups is 1. The van der Waals surface area contributed by atoms with Gasteiger partial charge < -0.3 is 29.9 Å². The number of aromatic nitrogens is 1. The van der Waals surface area contributed by atoms with Crippen LogP contribution >= 0.6 is 0 Å². The lowest BCUT2D eigenvalue weighted by molar-refractivity contribution is -0.0761. The van der Waals surface area contributed by atoms with E-state index in [1.54, 1.807) is 0 Å². The molecule has 2 aromatic rings. The van der Waals surface area contributed by atoms with Gasteiger partial charge in [-0.25, -0.2) is 15.0 Å². The summed E-state index contributed by atoms with van der Waals surface area (Å²) in [6, 6.07) is 12.6. The monoisotopic (exact) mass is 530 g/mol. The zero-order valence-corrected chi connectivity index (χ0v) is 23.5. The van der Waals surface area contributed by atoms with Gasteiger partial charge in [0.05, 0.1) is 31.1 Å². The van der Waals surface area contributed by atoms with Gasteiger partial charge >= 0.3 is 0 Å². The second-order valence-electron chi connectivity index (χ2n) is 11.0. The minimum Gasteiger partial charge on any atom is -0.378 e. The average Bonchev–Trinajstić information content (AvgIpc) is 2.97. The van der Waals surface area contributed by atoms with Gasteiger partial charge in [0.15, 0.2) is 0 Å². The Kier molecular flexibility index (Phi) is 8.30. The summed E-state index contributed by atoms with van der Waals surface area (Å²) >= 11 is 0. The number of fused-ring (bicyclic) bond motifs is 1. The van der Waals surface area contributed by atoms with Crippen molar-refractivity contribution in [1.29, 1.82) is 0 Å². The summed E-state index contributed by atoms with van der Waals surface area (Å²) in [4.78, 5) is 19.0. The summed E-state index contributed by atoms with van der Waals surface area (Å²) in [5.41, 5.74) is 4.97. The summed E-state index contributed by atoms with van der Waals surface area (Å²) in [7, 11) is 1.93. The molecule has 2 fully saturated rings. The molecule has 0 saturated carbocycles. The van der Waals surface area contributed by atoms with Crippen LogP contribution in [0.3, 0.4) is 0 Å². The smallest absolute Gasteiger partial charge is 0.224 e. The van der Waals surface area contributed by atoms with Gasteiger partial charge in [0.2, 0.25) is 5.96 Å². The van der Waals surface area contributed by atoms with Crippen molar-refractivity contribution in [1.82, 2.24) is 10.3 Å². The van der Waals surface area contributed by atoms with Crippen LogP contribution < -0.4 is 20.4 Å². The summed E-state index contributed by atoms with van der Waals surface area (Å²) in [6.07, 6.45) is 2.66. The largest absolute Gasteiger partial charge is 0.378 e. The third-order valence-electron chi connectivity index (χ3n) is 7.53. The van der Waals surface area contributed by atoms with Crippen molar-refractivity contribution in [2.45, 2.75) is 45.4 Å². The normalized spacial score (nSPS) is 24.2. The molecule has 0 spiro atoms. The highest BCUT2D eigenvalue weighted by Gasteiger charge is 2.40. The zero-order valence-electron chi connectivity index (χ0n) is 23.5. The molecule has 9 nitrogen and oxygen atoms in total. The van der Waals surface area contributed by atoms with Gasteiger partial charge in [0.25, 0.3) is 0 Å². The van der Waals surface area contributed by atoms with Crippen LogP contribution in [0, 0.1) is 19.4 Å². The third-order valence-corrected chi connectivity index (χ3v) is 7.53. The highest BCUT2D eigenvalue weighted by molar-refractivity contribution is 6.01. The van der Waals surface area contributed by atoms with E-state index in [4.69, 9.17) is 24.4 Å². The first kappa shape index (κ1) is 27.3. The van der Waals surface area contributed by atoms with Crippen LogP contribution in [-0.2, 0) is 16.0 Å². The molecule has 2 atom stereocenters. The number of benzene rings is 1. The summed E-state index contributed by atoms with van der Waals surface area (Å²) in [5.74, 6) is 1.39. The molecule has 2 saturated heterocycles. The van der Waals surface area contributed by atoms with E-state index < -0.39 is 0 Å². The molecular weight excluding hydrogens is 490 g/mol. The number of hydrogen-bond donors (Lipinski definition) is 2. The van der Waals surface area contributed by atoms with Gasteiger partial charge in [0, 0.05) is 43.0 Å². The molecule has 0 bridgehead atoms. The van der Waals surface area contributed by atoms with Gasteiger partial charge in [-0.1, -0.05) is 12.6 Å². The van der Waals surface area contributed by atoms with Crippen LogP contribution in [0.4, 0.5) is 17.2 Å². The lowest BCUT2D eigenvalue weighted by atomic mass is 9.82. The number of anilines is 3. The van der Waals surface area contributed by atoms with Gasteiger partial charge in [-0.2, -0.15) is 0 Å². The van der Waals surface area contributed by atoms with E-state index >= 15 is 0 Å². The Balaban J connectivity index is 1.44. The van der Waals surface area contributed by atoms with Crippen molar-refractivity contribution in [3.63, 3.8) is 0 Å². The van der Waals surface area contributed by atoms with E-state index in [-0.39, 0.29) is 17.6 Å². The van der Waals surface area contributed by atoms with Crippen LogP contribution in [0.25, 0.3) is 0 Å². The summed E-state index contributed by atoms with van der Waals surface area (Å²) in [5, 5.41) is 6.61. The van der Waals surface area contributed by atoms with Crippen LogP contribution in [0.1, 0.15) is 31.5 Å². The van der Waals surface area contributed by atoms with E-state index in [1.807, 2.05) is 38.1 Å². The molecule has 39 heavy (non-hydrogen) atoms. The van der Waals surface area contributed by atoms with Crippen molar-refractivity contribution in [3.8, 4) is 0 Å². The number of hydrogen-bond acceptors (Lipinski definition) is 9. The number of rotatable bonds is 5. The molecule has 207 valence electrons. The Morgan fingerprint density at radius 1 is 1.15 bits per heavy atom. The van der Waals surface area contributed by atoms with Crippen molar-refractivity contribution in [3.05, 3.63) is 66.4 Å². The van der Waals surface area contributed by atoms with E-state index in [0.717, 1.165) is 55.5 Å². The lowest BCUT2D eigenvalue weighted by Crippen LogP contribution is -2.52. The topological polar surface area (TPSA) is 86.6 Å². The first-order valence-electron chi connectivity index (χ1n) is 13.7. The van der Waals surface area contributed by atoms with E-state index in [0.29, 0.717) is 19.1 Å². The maximum atomic E-state index is 6.23. The number of nitrogens with zero attached hydrogens (tertiary/aromatic N) is 5. The van der Waals surface area contributed by atoms with Crippen LogP contribution in [-0.4, -0.2) is 68.9 Å². The minimum atomic E-state index is -0.272. The molecule has 5 rings (SSSR count). The number of aryl methyl sites for hydroxylation is 1. The second kappa shape index (κ2) is 11.9. The fourth-order valence-electron chi connectivity index (χ4n) is 5.46. The number of ether oxygens (including phenoxy) is 2. The summed E-state index contributed by atoms with van der Waals surface area (Å²) < 4.78 is 11.7. The Hall–Kier alpha value is -3.27. The molecule has 1 aromatic carbocycles. The zero-order chi connectivity index (χ0) is 27.4. The first-order valence-corrected chi connectivity index (χ1v) is 13.7. The van der Waals surface area contributed by atoms with Crippen LogP contribution in [0.15, 0.2) is 58.5 Å². The highest BCUT2D eigenvalue weighted by atomic mass is 16.5. The number of morpholine rings is 1. The predicted molar refractivity (Wildman–Crippen MR) is 159 cm³/mol. The fraction of sp³-hybridized carbons (Fsp3) is 0.467. The summed E-state index contributed by atoms with van der Waals surface area (Å²) in [6.45, 7) is 17.2. The third kappa shape index (κ3) is 6.49. The van der Waals surface area contributed by atoms with Crippen molar-refractivity contribution < 1.29 is 9.47 Å². The molecule has 3 aliphatic heterocycles. The van der Waals surface area contributed by atoms with Crippen LogP contribution in [0.2, 0.25) is 0 Å². The predicted octanol–water partition coefficient (Wildman–Crippen LogP) is 4.16. The molecule has 1 aromatic heterocycles. The number of pyridine rings is 1. The molecule has 3 aliphatic rings. The Morgan fingerprint density at radius 2 is 1.97 bits per heavy atom. The van der Waals surface area contributed by atoms with E-state index in [9.17, 15) is 0 Å². The van der Waals surface area contributed by atoms with Crippen molar-refractivity contribution in [2.75, 3.05) is 55.1 Å². The average molecular weight is 531 g/mol. The minimum absolute atomic E-state index is 0.0531.